The van der Waals surface area contributed by atoms with Crippen LogP contribution in [0.4, 0.5) is 0 Å². The van der Waals surface area contributed by atoms with E-state index in [9.17, 15) is 0 Å². The molecule has 0 bridgehead atoms. The second-order valence-electron chi connectivity index (χ2n) is 0. The summed E-state index contributed by atoms with van der Waals surface area (Å²) in [6.45, 7) is 6.00. The van der Waals surface area contributed by atoms with Crippen LogP contribution in [0.5, 0.6) is 0 Å². The summed E-state index contributed by atoms with van der Waals surface area (Å²) >= 11 is 2.00. The number of rotatable bonds is 0. The topological polar surface area (TPSA) is 17.1 Å². The van der Waals surface area contributed by atoms with Gasteiger partial charge in [0, 0.05) is 0 Å². The van der Waals surface area contributed by atoms with Crippen LogP contribution in [0, 0.1) is 0 Å². The predicted molar refractivity (Wildman–Crippen MR) is 11.9 cm³/mol. The van der Waals surface area contributed by atoms with Gasteiger partial charge in [-0.25, -0.2) is 0 Å². The Hall–Kier alpha value is 0.0595. The quantitative estimate of drug-likeness (QED) is 0.323. The van der Waals surface area contributed by atoms with Crippen molar-refractivity contribution >= 4 is 0 Å². The molecule has 0 N–H and O–H groups in total. The molecule has 0 rings (SSSR count). The van der Waals surface area contributed by atoms with Gasteiger partial charge in [-0.1, -0.05) is 0 Å². The van der Waals surface area contributed by atoms with Gasteiger partial charge in [0.25, 0.3) is 0 Å². The molecule has 2 heteroatoms. The van der Waals surface area contributed by atoms with Crippen molar-refractivity contribution < 1.29 is 19.8 Å². The Labute approximate surface area is 33.7 Å². The minimum absolute atomic E-state index is 2.00. The van der Waals surface area contributed by atoms with E-state index in [0.29, 0.717) is 0 Å². The minimum atomic E-state index is 2.00. The van der Waals surface area contributed by atoms with E-state index in [0.717, 1.165) is 0 Å². The molecule has 0 spiro atoms. The molecular formula is C2H4FeO. The molecule has 26 valence electrons. The molecule has 0 saturated carbocycles. The second-order valence-corrected chi connectivity index (χ2v) is 0. The first-order valence-corrected chi connectivity index (χ1v) is 1.10. The first-order chi connectivity index (χ1) is 2.00. The van der Waals surface area contributed by atoms with Crippen LogP contribution in [-0.4, -0.2) is 0 Å². The molecule has 0 radical (unpaired) electrons. The third kappa shape index (κ3) is 653. The number of hydrogen-bond acceptors (Lipinski definition) is 1. The third-order valence-corrected chi connectivity index (χ3v) is 0. The van der Waals surface area contributed by atoms with Gasteiger partial charge < -0.3 is 0 Å². The van der Waals surface area contributed by atoms with E-state index in [1.807, 2.05) is 15.9 Å². The van der Waals surface area contributed by atoms with Crippen LogP contribution in [0.1, 0.15) is 0 Å². The van der Waals surface area contributed by atoms with Gasteiger partial charge in [0.2, 0.25) is 0 Å². The van der Waals surface area contributed by atoms with Gasteiger partial charge in [0.1, 0.15) is 0 Å². The molecular weight excluding hydrogens is 95.9 g/mol. The van der Waals surface area contributed by atoms with Crippen LogP contribution < -0.4 is 0 Å². The van der Waals surface area contributed by atoms with Crippen LogP contribution in [0.25, 0.3) is 0 Å². The molecule has 0 saturated heterocycles. The molecule has 0 aromatic rings. The molecule has 0 heterocycles. The summed E-state index contributed by atoms with van der Waals surface area (Å²) in [5.41, 5.74) is 0. The molecule has 0 aliphatic rings. The van der Waals surface area contributed by atoms with Crippen LogP contribution in [0.15, 0.2) is 13.2 Å². The maximum absolute atomic E-state index is 8.00. The molecule has 4 heavy (non-hydrogen) atoms. The molecule has 0 amide bonds. The normalized spacial score (nSPS) is 2.25. The summed E-state index contributed by atoms with van der Waals surface area (Å²) in [5, 5.41) is 0. The zero-order chi connectivity index (χ0) is 4.00. The van der Waals surface area contributed by atoms with Gasteiger partial charge in [-0.05, 0) is 0 Å². The number of hydrogen-bond donors (Lipinski definition) is 0. The average molecular weight is 99.9 g/mol. The zero-order valence-electron chi connectivity index (χ0n) is 2.18. The van der Waals surface area contributed by atoms with E-state index in [4.69, 9.17) is 3.83 Å². The molecule has 0 aromatic heterocycles. The van der Waals surface area contributed by atoms with Crippen molar-refractivity contribution in [1.82, 2.24) is 0 Å². The molecule has 1 nitrogen and oxygen atoms in total. The predicted octanol–water partition coefficient (Wildman–Crippen LogP) is 0.681. The summed E-state index contributed by atoms with van der Waals surface area (Å²) in [4.78, 5) is 0. The van der Waals surface area contributed by atoms with E-state index in [1.54, 1.807) is 0 Å². The first-order valence-electron chi connectivity index (χ1n) is 0.644. The van der Waals surface area contributed by atoms with Crippen molar-refractivity contribution in [3.05, 3.63) is 13.2 Å². The second kappa shape index (κ2) is 3670. The molecule has 0 unspecified atom stereocenters. The van der Waals surface area contributed by atoms with Crippen molar-refractivity contribution in [2.45, 2.75) is 0 Å². The van der Waals surface area contributed by atoms with Crippen molar-refractivity contribution in [2.24, 2.45) is 0 Å². The van der Waals surface area contributed by atoms with Crippen LogP contribution in [-0.2, 0) is 19.8 Å². The summed E-state index contributed by atoms with van der Waals surface area (Å²) in [6.07, 6.45) is 0. The van der Waals surface area contributed by atoms with Crippen LogP contribution >= 0.6 is 0 Å². The van der Waals surface area contributed by atoms with Gasteiger partial charge in [-0.15, -0.1) is 13.2 Å². The van der Waals surface area contributed by atoms with E-state index in [-0.39, 0.29) is 0 Å². The monoisotopic (exact) mass is 100.0 g/mol. The van der Waals surface area contributed by atoms with Gasteiger partial charge in [0.05, 0.1) is 0 Å². The van der Waals surface area contributed by atoms with Gasteiger partial charge >= 0.3 is 19.8 Å². The Morgan fingerprint density at radius 2 is 1.25 bits per heavy atom. The van der Waals surface area contributed by atoms with E-state index in [2.05, 4.69) is 13.2 Å². The van der Waals surface area contributed by atoms with Crippen molar-refractivity contribution in [1.29, 1.82) is 0 Å². The Kier molecular flexibility index (Phi) is 8210. The van der Waals surface area contributed by atoms with Gasteiger partial charge in [-0.3, -0.25) is 0 Å². The first kappa shape index (κ1) is 8.96. The molecule has 0 aliphatic heterocycles. The fourth-order valence-corrected chi connectivity index (χ4v) is 0. The van der Waals surface area contributed by atoms with Gasteiger partial charge in [-0.2, -0.15) is 0 Å². The fraction of sp³-hybridized carbons (Fsp3) is 0. The summed E-state index contributed by atoms with van der Waals surface area (Å²) in [6, 6.07) is 0. The molecule has 0 fully saturated rings. The van der Waals surface area contributed by atoms with Crippen molar-refractivity contribution in [3.8, 4) is 0 Å². The summed E-state index contributed by atoms with van der Waals surface area (Å²) < 4.78 is 8.00. The van der Waals surface area contributed by atoms with Crippen molar-refractivity contribution in [2.75, 3.05) is 0 Å². The molecule has 0 aliphatic carbocycles. The summed E-state index contributed by atoms with van der Waals surface area (Å²) in [5.74, 6) is 0. The molecule has 0 atom stereocenters. The average Bonchev–Trinajstić information content (AvgIpc) is 1.50. The Morgan fingerprint density at radius 3 is 1.25 bits per heavy atom. The Bertz CT molecular complexity index is 8.00. The van der Waals surface area contributed by atoms with E-state index >= 15 is 0 Å². The summed E-state index contributed by atoms with van der Waals surface area (Å²) in [7, 11) is 0. The third-order valence-electron chi connectivity index (χ3n) is 0. The standard InChI is InChI=1S/C2H4.Fe.O/c1-2;;/h1-2H2;;. The SMILES string of the molecule is C=C.[O]=[Fe]. The Morgan fingerprint density at radius 1 is 1.25 bits per heavy atom. The Balaban J connectivity index is 0. The van der Waals surface area contributed by atoms with Crippen LogP contribution in [0.2, 0.25) is 0 Å². The van der Waals surface area contributed by atoms with E-state index in [1.165, 1.54) is 0 Å². The fourth-order valence-electron chi connectivity index (χ4n) is 0. The van der Waals surface area contributed by atoms with Gasteiger partial charge in [0.15, 0.2) is 0 Å². The van der Waals surface area contributed by atoms with Crippen LogP contribution in [0.3, 0.4) is 0 Å². The van der Waals surface area contributed by atoms with E-state index < -0.39 is 0 Å². The molecule has 0 aromatic carbocycles. The van der Waals surface area contributed by atoms with Crippen molar-refractivity contribution in [3.63, 3.8) is 0 Å². The maximum atomic E-state index is 8.00. The zero-order valence-corrected chi connectivity index (χ0v) is 3.28.